The number of rotatable bonds is 12. The first-order valence-electron chi connectivity index (χ1n) is 32.9. The molecule has 536 valence electrons. The maximum absolute atomic E-state index is 13.6. The lowest BCUT2D eigenvalue weighted by Crippen LogP contribution is -2.18. The molecule has 0 saturated heterocycles. The first-order chi connectivity index (χ1) is 52.9. The molecule has 0 saturated carbocycles. The van der Waals surface area contributed by atoms with E-state index in [4.69, 9.17) is 19.6 Å². The van der Waals surface area contributed by atoms with Crippen molar-refractivity contribution in [1.29, 1.82) is 0 Å². The summed E-state index contributed by atoms with van der Waals surface area (Å²) in [6.45, 7) is 2.95. The van der Waals surface area contributed by atoms with Crippen LogP contribution in [0.3, 0.4) is 0 Å². The van der Waals surface area contributed by atoms with Crippen molar-refractivity contribution in [2.24, 2.45) is 0 Å². The number of hydrogen-bond donors (Lipinski definition) is 5. The van der Waals surface area contributed by atoms with E-state index in [1.54, 1.807) is 134 Å². The summed E-state index contributed by atoms with van der Waals surface area (Å²) in [6, 6.07) is 36.6. The molecule has 0 aliphatic carbocycles. The summed E-state index contributed by atoms with van der Waals surface area (Å²) in [7, 11) is -9.20. The van der Waals surface area contributed by atoms with E-state index in [0.29, 0.717) is 118 Å². The molecule has 3 aliphatic rings. The third-order valence-corrected chi connectivity index (χ3v) is 18.7. The normalized spacial score (nSPS) is 12.8. The summed E-state index contributed by atoms with van der Waals surface area (Å²) in [6.07, 6.45) is 14.9. The Hall–Kier alpha value is -13.2. The lowest BCUT2D eigenvalue weighted by molar-refractivity contribution is 0.145. The van der Waals surface area contributed by atoms with Gasteiger partial charge in [-0.1, -0.05) is 29.9 Å². The van der Waals surface area contributed by atoms with Gasteiger partial charge in [-0.05, 0) is 155 Å². The molecular weight excluding hydrogens is 1460 g/mol. The second kappa shape index (κ2) is 30.3. The maximum atomic E-state index is 13.6. The molecule has 0 unspecified atom stereocenters. The second-order valence-electron chi connectivity index (χ2n) is 24.4. The van der Waals surface area contributed by atoms with Gasteiger partial charge in [0.1, 0.15) is 45.8 Å². The molecule has 0 amide bonds. The lowest BCUT2D eigenvalue weighted by Gasteiger charge is -2.15. The average Bonchev–Trinajstić information content (AvgIpc) is 1.75. The van der Waals surface area contributed by atoms with Crippen LogP contribution in [0.25, 0.3) is 67.3 Å². The van der Waals surface area contributed by atoms with Crippen molar-refractivity contribution in [3.63, 3.8) is 0 Å². The third kappa shape index (κ3) is 16.9. The Kier molecular flexibility index (Phi) is 19.5. The van der Waals surface area contributed by atoms with E-state index >= 15 is 0 Å². The van der Waals surface area contributed by atoms with Crippen molar-refractivity contribution in [2.45, 2.75) is 52.7 Å². The molecule has 10 aromatic heterocycles. The topological polar surface area (TPSA) is 375 Å². The highest BCUT2D eigenvalue weighted by molar-refractivity contribution is 7.46. The van der Waals surface area contributed by atoms with E-state index in [1.165, 1.54) is 38.5 Å². The highest BCUT2D eigenvalue weighted by Gasteiger charge is 2.27. The molecule has 15 aromatic rings. The van der Waals surface area contributed by atoms with Crippen molar-refractivity contribution in [2.75, 3.05) is 14.7 Å². The van der Waals surface area contributed by atoms with Crippen LogP contribution in [0.15, 0.2) is 189 Å². The van der Waals surface area contributed by atoms with Gasteiger partial charge < -0.3 is 34.3 Å². The Bertz CT molecular complexity index is 6140. The summed E-state index contributed by atoms with van der Waals surface area (Å²) >= 11 is 1.66. The fourth-order valence-corrected chi connectivity index (χ4v) is 13.1. The third-order valence-electron chi connectivity index (χ3n) is 17.0. The number of aromatic amines is 1. The van der Waals surface area contributed by atoms with Gasteiger partial charge in [0.2, 0.25) is 17.8 Å². The van der Waals surface area contributed by atoms with Crippen LogP contribution >= 0.6 is 27.0 Å². The van der Waals surface area contributed by atoms with Crippen LogP contribution in [-0.2, 0) is 70.9 Å². The quantitative estimate of drug-likeness (QED) is 0.0560. The number of phosphoric ester groups is 2. The minimum Gasteiger partial charge on any atom is -0.332 e. The lowest BCUT2D eigenvalue weighted by atomic mass is 10.1. The second-order valence-corrected chi connectivity index (χ2v) is 27.8. The van der Waals surface area contributed by atoms with E-state index in [2.05, 4.69) is 135 Å². The number of nitrogens with zero attached hydrogens (tertiary/aromatic N) is 21. The Balaban J connectivity index is 0.000000125. The van der Waals surface area contributed by atoms with Gasteiger partial charge in [0.05, 0.1) is 53.2 Å². The van der Waals surface area contributed by atoms with Gasteiger partial charge in [0, 0.05) is 107 Å². The van der Waals surface area contributed by atoms with Crippen molar-refractivity contribution < 1.29 is 46.5 Å². The molecule has 109 heavy (non-hydrogen) atoms. The predicted molar refractivity (Wildman–Crippen MR) is 394 cm³/mol. The van der Waals surface area contributed by atoms with Crippen LogP contribution in [0, 0.1) is 47.2 Å². The Morgan fingerprint density at radius 3 is 1.50 bits per heavy atom. The Morgan fingerprint density at radius 2 is 0.954 bits per heavy atom. The Morgan fingerprint density at radius 1 is 0.468 bits per heavy atom. The zero-order chi connectivity index (χ0) is 74.6. The molecule has 35 heteroatoms. The molecule has 0 spiro atoms. The summed E-state index contributed by atoms with van der Waals surface area (Å²) in [5.41, 5.74) is 14.8. The van der Waals surface area contributed by atoms with Gasteiger partial charge in [0.25, 0.3) is 0 Å². The number of aromatic nitrogens is 19. The molecule has 0 fully saturated rings. The van der Waals surface area contributed by atoms with E-state index in [-0.39, 0.29) is 25.1 Å². The van der Waals surface area contributed by atoms with Crippen molar-refractivity contribution in [1.82, 2.24) is 94.6 Å². The first kappa shape index (κ1) is 70.1. The molecule has 18 rings (SSSR count). The number of hydrogen-bond acceptors (Lipinski definition) is 24. The van der Waals surface area contributed by atoms with E-state index in [0.717, 1.165) is 68.3 Å². The van der Waals surface area contributed by atoms with E-state index in [1.807, 2.05) is 51.7 Å². The SMILES string of the molecule is C(#Cc1ccnc(-c2ccnc(N3Cc4ncsc4C3)n2)n1)c1ccc2[nH]ncc2c1.O=P(O)(O)OCn1cc2cc(C#Cc3ccnc(-c4ccnc(N5Cc6ccc(F)cc6C5)n4)n3)ccc2n1.O=P(O)(O)OCn1ncc2cc(C#Cc3ccnc(-c4ccnc(N5Cc6ccc(F)cc6C5)n4)n3)ccc21. The van der Waals surface area contributed by atoms with Crippen molar-refractivity contribution >= 4 is 77.5 Å². The Labute approximate surface area is 619 Å². The molecule has 5 aromatic carbocycles. The summed E-state index contributed by atoms with van der Waals surface area (Å²) in [5.74, 6) is 20.9. The number of thiazole rings is 1. The highest BCUT2D eigenvalue weighted by Crippen LogP contribution is 2.38. The molecule has 0 bridgehead atoms. The number of nitrogens with one attached hydrogen (secondary N) is 1. The fourth-order valence-electron chi connectivity index (χ4n) is 11.8. The molecule has 3 aliphatic heterocycles. The largest absolute Gasteiger partial charge is 0.471 e. The van der Waals surface area contributed by atoms with Gasteiger partial charge in [-0.2, -0.15) is 15.3 Å². The minimum absolute atomic E-state index is 0.264. The average molecular weight is 1510 g/mol. The number of halogens is 2. The standard InChI is InChI=1S/2C26H19FN7O4P.C22H14N8S/c27-21-4-3-18-14-33(15-20(18)12-21)26-29-10-8-23(32-26)25-28-9-7-22(31-25)5-1-17-2-6-24-19(11-17)13-30-34(24)16-38-39(35,36)37;27-21-4-3-18-13-33(14-19(18)12-21)26-29-10-8-24(31-26)25-28-9-7-22(30-25)5-1-17-2-6-23-20(11-17)15-34(32-23)16-38-39(35,36)37;1(14-2-4-17-15(9-14)10-26-29-17)3-16-5-7-23-21(27-16)18-6-8-24-22(28-18)30-11-19-20(12-30)31-13-25-19/h2-4,6-13H,14-16H2,(H2,35,36,37);2-4,6-12,15H,13-14,16H2,(H2,35,36,37);2,4-10,13H,11-12H2,(H,26,29). The van der Waals surface area contributed by atoms with Gasteiger partial charge in [0.15, 0.2) is 30.9 Å². The monoisotopic (exact) mass is 1510 g/mol. The number of anilines is 3. The van der Waals surface area contributed by atoms with E-state index in [9.17, 15) is 17.9 Å². The molecule has 0 radical (unpaired) electrons. The van der Waals surface area contributed by atoms with Crippen LogP contribution < -0.4 is 14.7 Å². The summed E-state index contributed by atoms with van der Waals surface area (Å²) in [5, 5.41) is 17.8. The van der Waals surface area contributed by atoms with Gasteiger partial charge in [-0.15, -0.1) is 11.3 Å². The van der Waals surface area contributed by atoms with Crippen LogP contribution in [0.4, 0.5) is 26.6 Å². The zero-order valence-electron chi connectivity index (χ0n) is 56.4. The summed E-state index contributed by atoms with van der Waals surface area (Å²) in [4.78, 5) is 101. The maximum Gasteiger partial charge on any atom is 0.471 e. The number of fused-ring (bicyclic) bond motifs is 6. The van der Waals surface area contributed by atoms with Crippen LogP contribution in [0.5, 0.6) is 0 Å². The van der Waals surface area contributed by atoms with Gasteiger partial charge in [-0.3, -0.25) is 14.1 Å². The van der Waals surface area contributed by atoms with Crippen LogP contribution in [0.2, 0.25) is 0 Å². The van der Waals surface area contributed by atoms with Crippen molar-refractivity contribution in [3.05, 3.63) is 267 Å². The predicted octanol–water partition coefficient (Wildman–Crippen LogP) is 10.0. The van der Waals surface area contributed by atoms with Crippen molar-refractivity contribution in [3.8, 4) is 70.1 Å². The molecule has 0 atom stereocenters. The molecular formula is C74H52F2N22O8P2S. The minimum atomic E-state index is -4.61. The molecule has 30 nitrogen and oxygen atoms in total. The number of benzene rings is 5. The van der Waals surface area contributed by atoms with Crippen LogP contribution in [0.1, 0.15) is 66.6 Å². The zero-order valence-corrected chi connectivity index (χ0v) is 59.0. The first-order valence-corrected chi connectivity index (χ1v) is 36.9. The molecule has 13 heterocycles. The molecule has 5 N–H and O–H groups in total. The number of H-pyrrole nitrogens is 1. The summed E-state index contributed by atoms with van der Waals surface area (Å²) < 4.78 is 60.7. The van der Waals surface area contributed by atoms with Gasteiger partial charge in [-0.25, -0.2) is 92.1 Å². The number of phosphoric acid groups is 2. The fraction of sp³-hybridized carbons (Fsp3) is 0.108. The van der Waals surface area contributed by atoms with Crippen LogP contribution in [-0.4, -0.2) is 114 Å². The van der Waals surface area contributed by atoms with Gasteiger partial charge >= 0.3 is 15.6 Å². The van der Waals surface area contributed by atoms with E-state index < -0.39 is 15.6 Å². The highest BCUT2D eigenvalue weighted by atomic mass is 32.1. The smallest absolute Gasteiger partial charge is 0.332 e.